The summed E-state index contributed by atoms with van der Waals surface area (Å²) < 4.78 is 13.1. The highest BCUT2D eigenvalue weighted by molar-refractivity contribution is 5.82. The van der Waals surface area contributed by atoms with E-state index in [9.17, 15) is 9.18 Å². The number of allylic oxidation sites excluding steroid dienone is 5. The van der Waals surface area contributed by atoms with Crippen molar-refractivity contribution < 1.29 is 9.18 Å². The summed E-state index contributed by atoms with van der Waals surface area (Å²) in [5, 5.41) is 0. The van der Waals surface area contributed by atoms with E-state index in [2.05, 4.69) is 22.8 Å². The van der Waals surface area contributed by atoms with Crippen molar-refractivity contribution in [3.05, 3.63) is 35.5 Å². The minimum atomic E-state index is -0.830. The SMILES string of the molecule is CCN1CCCC[C@H]1C(=O)N1CCC(=CC2=CCC(F)C=C2)CC1. The monoisotopic (exact) mass is 332 g/mol. The number of carbonyl (C=O) groups excluding carboxylic acids is 1. The molecule has 24 heavy (non-hydrogen) atoms. The van der Waals surface area contributed by atoms with E-state index in [1.54, 1.807) is 6.08 Å². The molecule has 0 spiro atoms. The highest BCUT2D eigenvalue weighted by atomic mass is 19.1. The van der Waals surface area contributed by atoms with E-state index >= 15 is 0 Å². The molecule has 0 aromatic rings. The number of nitrogens with zero attached hydrogens (tertiary/aromatic N) is 2. The van der Waals surface area contributed by atoms with Gasteiger partial charge in [-0.2, -0.15) is 0 Å². The maximum absolute atomic E-state index is 13.1. The van der Waals surface area contributed by atoms with Gasteiger partial charge in [-0.05, 0) is 50.4 Å². The number of rotatable bonds is 3. The van der Waals surface area contributed by atoms with Gasteiger partial charge in [-0.3, -0.25) is 9.69 Å². The number of hydrogen-bond acceptors (Lipinski definition) is 2. The first-order chi connectivity index (χ1) is 11.7. The smallest absolute Gasteiger partial charge is 0.239 e. The van der Waals surface area contributed by atoms with Crippen LogP contribution in [-0.2, 0) is 4.79 Å². The summed E-state index contributed by atoms with van der Waals surface area (Å²) >= 11 is 0. The molecule has 2 fully saturated rings. The fourth-order valence-corrected chi connectivity index (χ4v) is 3.97. The van der Waals surface area contributed by atoms with E-state index in [0.717, 1.165) is 51.0 Å². The fraction of sp³-hybridized carbons (Fsp3) is 0.650. The topological polar surface area (TPSA) is 23.6 Å². The van der Waals surface area contributed by atoms with E-state index in [4.69, 9.17) is 0 Å². The van der Waals surface area contributed by atoms with Gasteiger partial charge in [-0.15, -0.1) is 0 Å². The normalized spacial score (nSPS) is 28.7. The third kappa shape index (κ3) is 4.15. The lowest BCUT2D eigenvalue weighted by atomic mass is 9.96. The molecule has 2 saturated heterocycles. The lowest BCUT2D eigenvalue weighted by molar-refractivity contribution is -0.138. The number of piperidine rings is 2. The van der Waals surface area contributed by atoms with Gasteiger partial charge in [0.25, 0.3) is 0 Å². The maximum Gasteiger partial charge on any atom is 0.239 e. The summed E-state index contributed by atoms with van der Waals surface area (Å²) in [4.78, 5) is 17.2. The van der Waals surface area contributed by atoms with Crippen LogP contribution in [-0.4, -0.2) is 54.1 Å². The minimum absolute atomic E-state index is 0.0970. The quantitative estimate of drug-likeness (QED) is 0.788. The van der Waals surface area contributed by atoms with E-state index in [0.29, 0.717) is 12.3 Å². The Morgan fingerprint density at radius 1 is 1.29 bits per heavy atom. The van der Waals surface area contributed by atoms with Crippen LogP contribution in [0.25, 0.3) is 0 Å². The van der Waals surface area contributed by atoms with Gasteiger partial charge in [0.1, 0.15) is 6.17 Å². The molecule has 2 aliphatic heterocycles. The molecule has 0 aromatic carbocycles. The third-order valence-corrected chi connectivity index (χ3v) is 5.47. The van der Waals surface area contributed by atoms with Gasteiger partial charge >= 0.3 is 0 Å². The molecule has 3 rings (SSSR count). The van der Waals surface area contributed by atoms with Gasteiger partial charge in [0, 0.05) is 19.5 Å². The van der Waals surface area contributed by atoms with E-state index in [1.807, 2.05) is 12.2 Å². The van der Waals surface area contributed by atoms with Gasteiger partial charge in [0.05, 0.1) is 6.04 Å². The number of hydrogen-bond donors (Lipinski definition) is 0. The second kappa shape index (κ2) is 8.11. The first-order valence-corrected chi connectivity index (χ1v) is 9.42. The molecule has 0 bridgehead atoms. The standard InChI is InChI=1S/C20H29FN2O/c1-2-22-12-4-3-5-19(22)20(24)23-13-10-17(11-14-23)15-16-6-8-18(21)9-7-16/h6-8,15,18-19H,2-5,9-14H2,1H3/t18?,19-/m0/s1. The van der Waals surface area contributed by atoms with Crippen molar-refractivity contribution in [3.8, 4) is 0 Å². The lowest BCUT2D eigenvalue weighted by Gasteiger charge is -2.38. The van der Waals surface area contributed by atoms with Crippen molar-refractivity contribution in [2.24, 2.45) is 0 Å². The number of alkyl halides is 1. The number of amides is 1. The largest absolute Gasteiger partial charge is 0.341 e. The molecule has 1 aliphatic carbocycles. The zero-order valence-electron chi connectivity index (χ0n) is 14.7. The Bertz CT molecular complexity index is 542. The summed E-state index contributed by atoms with van der Waals surface area (Å²) in [5.41, 5.74) is 2.49. The molecule has 132 valence electrons. The summed E-state index contributed by atoms with van der Waals surface area (Å²) in [6.07, 6.45) is 12.6. The molecule has 3 nitrogen and oxygen atoms in total. The Balaban J connectivity index is 1.55. The Morgan fingerprint density at radius 3 is 2.75 bits per heavy atom. The third-order valence-electron chi connectivity index (χ3n) is 5.47. The zero-order chi connectivity index (χ0) is 16.9. The van der Waals surface area contributed by atoms with Crippen molar-refractivity contribution >= 4 is 5.91 Å². The van der Waals surface area contributed by atoms with Crippen molar-refractivity contribution in [3.63, 3.8) is 0 Å². The molecule has 4 heteroatoms. The molecule has 0 aromatic heterocycles. The zero-order valence-corrected chi connectivity index (χ0v) is 14.7. The highest BCUT2D eigenvalue weighted by Crippen LogP contribution is 2.24. The maximum atomic E-state index is 13.1. The van der Waals surface area contributed by atoms with Gasteiger partial charge in [0.2, 0.25) is 5.91 Å². The van der Waals surface area contributed by atoms with Crippen LogP contribution in [0, 0.1) is 0 Å². The molecule has 0 N–H and O–H groups in total. The first-order valence-electron chi connectivity index (χ1n) is 9.42. The van der Waals surface area contributed by atoms with Crippen LogP contribution in [0.1, 0.15) is 45.4 Å². The Hall–Kier alpha value is -1.42. The molecule has 2 atom stereocenters. The Morgan fingerprint density at radius 2 is 2.08 bits per heavy atom. The van der Waals surface area contributed by atoms with Gasteiger partial charge in [-0.1, -0.05) is 37.1 Å². The van der Waals surface area contributed by atoms with Crippen LogP contribution >= 0.6 is 0 Å². The molecule has 2 heterocycles. The van der Waals surface area contributed by atoms with Gasteiger partial charge < -0.3 is 4.90 Å². The van der Waals surface area contributed by atoms with Crippen molar-refractivity contribution in [2.75, 3.05) is 26.2 Å². The van der Waals surface area contributed by atoms with Crippen LogP contribution in [0.4, 0.5) is 4.39 Å². The van der Waals surface area contributed by atoms with Crippen LogP contribution < -0.4 is 0 Å². The van der Waals surface area contributed by atoms with Crippen molar-refractivity contribution in [1.82, 2.24) is 9.80 Å². The van der Waals surface area contributed by atoms with Crippen LogP contribution in [0.3, 0.4) is 0 Å². The second-order valence-electron chi connectivity index (χ2n) is 7.08. The van der Waals surface area contributed by atoms with Crippen molar-refractivity contribution in [2.45, 2.75) is 57.7 Å². The van der Waals surface area contributed by atoms with E-state index in [1.165, 1.54) is 18.4 Å². The average molecular weight is 332 g/mol. The fourth-order valence-electron chi connectivity index (χ4n) is 3.97. The molecule has 3 aliphatic rings. The molecule has 1 amide bonds. The molecular weight excluding hydrogens is 303 g/mol. The Kier molecular flexibility index (Phi) is 5.88. The van der Waals surface area contributed by atoms with Crippen LogP contribution in [0.15, 0.2) is 35.5 Å². The highest BCUT2D eigenvalue weighted by Gasteiger charge is 2.31. The number of likely N-dealkylation sites (tertiary alicyclic amines) is 2. The van der Waals surface area contributed by atoms with E-state index in [-0.39, 0.29) is 6.04 Å². The van der Waals surface area contributed by atoms with Gasteiger partial charge in [0.15, 0.2) is 0 Å². The molecule has 0 radical (unpaired) electrons. The molecular formula is C20H29FN2O. The van der Waals surface area contributed by atoms with Crippen molar-refractivity contribution in [1.29, 1.82) is 0 Å². The minimum Gasteiger partial charge on any atom is -0.341 e. The Labute approximate surface area is 144 Å². The summed E-state index contributed by atoms with van der Waals surface area (Å²) in [5.74, 6) is 0.327. The molecule has 1 unspecified atom stereocenters. The predicted octanol–water partition coefficient (Wildman–Crippen LogP) is 3.63. The molecule has 0 saturated carbocycles. The van der Waals surface area contributed by atoms with E-state index < -0.39 is 6.17 Å². The lowest BCUT2D eigenvalue weighted by Crippen LogP contribution is -2.52. The summed E-state index contributed by atoms with van der Waals surface area (Å²) in [6, 6.07) is 0.0970. The first kappa shape index (κ1) is 17.4. The average Bonchev–Trinajstić information content (AvgIpc) is 2.63. The van der Waals surface area contributed by atoms with Crippen LogP contribution in [0.2, 0.25) is 0 Å². The number of carbonyl (C=O) groups is 1. The number of likely N-dealkylation sites (N-methyl/N-ethyl adjacent to an activating group) is 1. The van der Waals surface area contributed by atoms with Crippen LogP contribution in [0.5, 0.6) is 0 Å². The summed E-state index contributed by atoms with van der Waals surface area (Å²) in [6.45, 7) is 5.81. The number of halogens is 1. The summed E-state index contributed by atoms with van der Waals surface area (Å²) in [7, 11) is 0. The van der Waals surface area contributed by atoms with Gasteiger partial charge in [-0.25, -0.2) is 4.39 Å². The predicted molar refractivity (Wildman–Crippen MR) is 95.5 cm³/mol. The second-order valence-corrected chi connectivity index (χ2v) is 7.08.